The average Bonchev–Trinajstić information content (AvgIpc) is 2.63. The molecule has 0 saturated carbocycles. The van der Waals surface area contributed by atoms with Crippen molar-refractivity contribution in [1.82, 2.24) is 0 Å². The van der Waals surface area contributed by atoms with Crippen LogP contribution < -0.4 is 5.11 Å². The Labute approximate surface area is 184 Å². The average molecular weight is 424 g/mol. The SMILES string of the molecule is CCCCCCCCCCCCCC=CC=CC(=O)OC(CC(=O)[O-])C[N+](C)(C)C. The van der Waals surface area contributed by atoms with E-state index in [2.05, 4.69) is 13.0 Å². The van der Waals surface area contributed by atoms with Gasteiger partial charge in [-0.25, -0.2) is 4.79 Å². The number of nitrogens with zero attached hydrogens (tertiary/aromatic N) is 1. The minimum atomic E-state index is -1.21. The maximum Gasteiger partial charge on any atom is 0.331 e. The van der Waals surface area contributed by atoms with Gasteiger partial charge in [0.1, 0.15) is 6.54 Å². The molecule has 0 aliphatic rings. The Balaban J connectivity index is 3.81. The van der Waals surface area contributed by atoms with Gasteiger partial charge in [-0.15, -0.1) is 0 Å². The monoisotopic (exact) mass is 423 g/mol. The first kappa shape index (κ1) is 28.4. The number of esters is 1. The topological polar surface area (TPSA) is 66.4 Å². The Morgan fingerprint density at radius 2 is 1.40 bits per heavy atom. The van der Waals surface area contributed by atoms with Crippen molar-refractivity contribution in [3.63, 3.8) is 0 Å². The highest BCUT2D eigenvalue weighted by Gasteiger charge is 2.21. The van der Waals surface area contributed by atoms with E-state index >= 15 is 0 Å². The van der Waals surface area contributed by atoms with Crippen LogP contribution in [0.1, 0.15) is 90.4 Å². The van der Waals surface area contributed by atoms with Crippen LogP contribution in [0.3, 0.4) is 0 Å². The van der Waals surface area contributed by atoms with Gasteiger partial charge in [-0.2, -0.15) is 0 Å². The summed E-state index contributed by atoms with van der Waals surface area (Å²) in [6, 6.07) is 0. The van der Waals surface area contributed by atoms with E-state index in [4.69, 9.17) is 4.74 Å². The number of carbonyl (C=O) groups is 2. The van der Waals surface area contributed by atoms with Crippen LogP contribution in [0, 0.1) is 0 Å². The molecule has 0 aliphatic heterocycles. The van der Waals surface area contributed by atoms with Gasteiger partial charge in [-0.3, -0.25) is 0 Å². The number of carbonyl (C=O) groups excluding carboxylic acids is 2. The lowest BCUT2D eigenvalue weighted by Crippen LogP contribution is -2.45. The number of carboxylic acid groups (broad SMARTS) is 1. The summed E-state index contributed by atoms with van der Waals surface area (Å²) >= 11 is 0. The fraction of sp³-hybridized carbons (Fsp3) is 0.760. The zero-order valence-corrected chi connectivity index (χ0v) is 19.9. The van der Waals surface area contributed by atoms with Gasteiger partial charge in [0.05, 0.1) is 21.1 Å². The summed E-state index contributed by atoms with van der Waals surface area (Å²) in [5, 5.41) is 10.8. The fourth-order valence-corrected chi connectivity index (χ4v) is 3.38. The van der Waals surface area contributed by atoms with Gasteiger partial charge < -0.3 is 19.1 Å². The first-order valence-electron chi connectivity index (χ1n) is 11.8. The molecule has 0 radical (unpaired) electrons. The summed E-state index contributed by atoms with van der Waals surface area (Å²) < 4.78 is 5.77. The van der Waals surface area contributed by atoms with E-state index in [0.29, 0.717) is 11.0 Å². The second-order valence-electron chi connectivity index (χ2n) is 9.22. The van der Waals surface area contributed by atoms with Crippen LogP contribution in [0.15, 0.2) is 24.3 Å². The number of likely N-dealkylation sites (N-methyl/N-ethyl adjacent to an activating group) is 1. The summed E-state index contributed by atoms with van der Waals surface area (Å²) in [7, 11) is 5.76. The molecule has 5 heteroatoms. The maximum atomic E-state index is 11.9. The Hall–Kier alpha value is -1.62. The third kappa shape index (κ3) is 21.1. The Morgan fingerprint density at radius 3 is 1.90 bits per heavy atom. The number of unbranched alkanes of at least 4 members (excludes halogenated alkanes) is 11. The first-order chi connectivity index (χ1) is 14.2. The van der Waals surface area contributed by atoms with Gasteiger partial charge in [0, 0.05) is 18.5 Å². The molecule has 30 heavy (non-hydrogen) atoms. The number of hydrogen-bond acceptors (Lipinski definition) is 4. The van der Waals surface area contributed by atoms with Gasteiger partial charge in [-0.1, -0.05) is 89.4 Å². The molecule has 1 atom stereocenters. The molecule has 0 spiro atoms. The number of hydrogen-bond donors (Lipinski definition) is 0. The van der Waals surface area contributed by atoms with Crippen molar-refractivity contribution in [2.75, 3.05) is 27.7 Å². The fourth-order valence-electron chi connectivity index (χ4n) is 3.38. The Bertz CT molecular complexity index is 506. The van der Waals surface area contributed by atoms with E-state index < -0.39 is 18.0 Å². The van der Waals surface area contributed by atoms with Crippen LogP contribution in [-0.4, -0.2) is 50.2 Å². The third-order valence-electron chi connectivity index (χ3n) is 4.88. The molecule has 0 aliphatic carbocycles. The smallest absolute Gasteiger partial charge is 0.331 e. The molecule has 0 N–H and O–H groups in total. The zero-order valence-electron chi connectivity index (χ0n) is 19.9. The molecule has 0 aromatic carbocycles. The molecule has 0 amide bonds. The molecular formula is C25H45NO4. The minimum absolute atomic E-state index is 0.288. The maximum absolute atomic E-state index is 11.9. The van der Waals surface area contributed by atoms with Gasteiger partial charge in [0.15, 0.2) is 6.10 Å². The van der Waals surface area contributed by atoms with E-state index in [1.54, 1.807) is 6.08 Å². The van der Waals surface area contributed by atoms with Gasteiger partial charge in [0.2, 0.25) is 0 Å². The van der Waals surface area contributed by atoms with E-state index in [9.17, 15) is 14.7 Å². The lowest BCUT2D eigenvalue weighted by Gasteiger charge is -2.28. The highest BCUT2D eigenvalue weighted by Crippen LogP contribution is 2.12. The summed E-state index contributed by atoms with van der Waals surface area (Å²) in [5.41, 5.74) is 0. The molecule has 5 nitrogen and oxygen atoms in total. The van der Waals surface area contributed by atoms with Gasteiger partial charge in [-0.05, 0) is 12.8 Å². The number of allylic oxidation sites excluding steroid dienone is 3. The molecule has 0 aromatic heterocycles. The second kappa shape index (κ2) is 18.2. The Kier molecular flexibility index (Phi) is 17.2. The van der Waals surface area contributed by atoms with Crippen LogP contribution in [0.5, 0.6) is 0 Å². The van der Waals surface area contributed by atoms with E-state index in [-0.39, 0.29) is 6.42 Å². The van der Waals surface area contributed by atoms with Gasteiger partial charge >= 0.3 is 5.97 Å². The van der Waals surface area contributed by atoms with E-state index in [1.165, 1.54) is 76.7 Å². The van der Waals surface area contributed by atoms with Crippen molar-refractivity contribution in [2.24, 2.45) is 0 Å². The molecule has 0 saturated heterocycles. The molecule has 0 rings (SSSR count). The number of ether oxygens (including phenoxy) is 1. The number of aliphatic carboxylic acids is 1. The quantitative estimate of drug-likeness (QED) is 0.100. The molecule has 0 fully saturated rings. The largest absolute Gasteiger partial charge is 0.550 e. The van der Waals surface area contributed by atoms with Crippen LogP contribution in [-0.2, 0) is 14.3 Å². The third-order valence-corrected chi connectivity index (χ3v) is 4.88. The lowest BCUT2D eigenvalue weighted by molar-refractivity contribution is -0.873. The van der Waals surface area contributed by atoms with Crippen LogP contribution in [0.4, 0.5) is 0 Å². The van der Waals surface area contributed by atoms with Crippen molar-refractivity contribution in [3.8, 4) is 0 Å². The van der Waals surface area contributed by atoms with Crippen molar-refractivity contribution in [3.05, 3.63) is 24.3 Å². The van der Waals surface area contributed by atoms with Crippen molar-refractivity contribution >= 4 is 11.9 Å². The minimum Gasteiger partial charge on any atom is -0.550 e. The van der Waals surface area contributed by atoms with Crippen molar-refractivity contribution < 1.29 is 23.9 Å². The molecule has 174 valence electrons. The zero-order chi connectivity index (χ0) is 22.7. The molecular weight excluding hydrogens is 378 g/mol. The molecule has 1 unspecified atom stereocenters. The predicted molar refractivity (Wildman–Crippen MR) is 122 cm³/mol. The Morgan fingerprint density at radius 1 is 0.867 bits per heavy atom. The highest BCUT2D eigenvalue weighted by atomic mass is 16.5. The summed E-state index contributed by atoms with van der Waals surface area (Å²) in [5.74, 6) is -1.73. The van der Waals surface area contributed by atoms with Gasteiger partial charge in [0.25, 0.3) is 0 Å². The van der Waals surface area contributed by atoms with Crippen LogP contribution >= 0.6 is 0 Å². The normalized spacial score (nSPS) is 13.2. The summed E-state index contributed by atoms with van der Waals surface area (Å²) in [6.07, 6.45) is 21.6. The standard InChI is InChI=1S/C25H45NO4/c1-5-6-7-8-9-10-11-12-13-14-15-16-17-18-19-20-25(29)30-23(21-24(27)28)22-26(2,3)4/h17-20,23H,5-16,21-22H2,1-4H3. The van der Waals surface area contributed by atoms with Crippen molar-refractivity contribution in [1.29, 1.82) is 0 Å². The van der Waals surface area contributed by atoms with E-state index in [1.807, 2.05) is 27.2 Å². The summed E-state index contributed by atoms with van der Waals surface area (Å²) in [6.45, 7) is 2.67. The van der Waals surface area contributed by atoms with Crippen molar-refractivity contribution in [2.45, 2.75) is 96.5 Å². The highest BCUT2D eigenvalue weighted by molar-refractivity contribution is 5.82. The van der Waals surface area contributed by atoms with Crippen LogP contribution in [0.2, 0.25) is 0 Å². The second-order valence-corrected chi connectivity index (χ2v) is 9.22. The first-order valence-corrected chi connectivity index (χ1v) is 11.8. The summed E-state index contributed by atoms with van der Waals surface area (Å²) in [4.78, 5) is 22.7. The van der Waals surface area contributed by atoms with E-state index in [0.717, 1.165) is 6.42 Å². The molecule has 0 bridgehead atoms. The molecule has 0 heterocycles. The predicted octanol–water partition coefficient (Wildman–Crippen LogP) is 4.56. The number of carboxylic acids is 1. The number of quaternary nitrogens is 1. The lowest BCUT2D eigenvalue weighted by atomic mass is 10.1. The molecule has 0 aromatic rings. The number of rotatable bonds is 19. The van der Waals surface area contributed by atoms with Crippen LogP contribution in [0.25, 0.3) is 0 Å².